The maximum absolute atomic E-state index is 9.56. The average molecular weight is 356 g/mol. The van der Waals surface area contributed by atoms with E-state index in [0.717, 1.165) is 40.1 Å². The number of nitrogens with zero attached hydrogens (tertiary/aromatic N) is 3. The quantitative estimate of drug-likeness (QED) is 0.702. The Morgan fingerprint density at radius 3 is 2.92 bits per heavy atom. The Labute approximate surface area is 151 Å². The third kappa shape index (κ3) is 2.98. The van der Waals surface area contributed by atoms with Crippen molar-refractivity contribution in [2.45, 2.75) is 58.5 Å². The first-order valence-electron chi connectivity index (χ1n) is 9.18. The number of hydrogen-bond acceptors (Lipinski definition) is 6. The first-order valence-corrected chi connectivity index (χ1v) is 10.0. The number of fused-ring (bicyclic) bond motifs is 5. The lowest BCUT2D eigenvalue weighted by molar-refractivity contribution is 0.208. The molecule has 0 saturated carbocycles. The predicted molar refractivity (Wildman–Crippen MR) is 104 cm³/mol. The lowest BCUT2D eigenvalue weighted by Crippen LogP contribution is -2.16. The van der Waals surface area contributed by atoms with Gasteiger partial charge in [0.1, 0.15) is 17.0 Å². The minimum absolute atomic E-state index is 0.414. The van der Waals surface area contributed by atoms with Crippen molar-refractivity contribution in [3.05, 3.63) is 23.1 Å². The summed E-state index contributed by atoms with van der Waals surface area (Å²) in [7, 11) is 0. The van der Waals surface area contributed by atoms with Crippen LogP contribution in [-0.2, 0) is 19.3 Å². The third-order valence-corrected chi connectivity index (χ3v) is 5.97. The fourth-order valence-corrected chi connectivity index (χ4v) is 4.84. The van der Waals surface area contributed by atoms with E-state index in [1.54, 1.807) is 24.6 Å². The van der Waals surface area contributed by atoms with Crippen LogP contribution in [0.3, 0.4) is 0 Å². The van der Waals surface area contributed by atoms with Gasteiger partial charge in [0.2, 0.25) is 0 Å². The number of pyridine rings is 1. The van der Waals surface area contributed by atoms with E-state index in [-0.39, 0.29) is 0 Å². The number of nitrogens with one attached hydrogen (secondary N) is 1. The van der Waals surface area contributed by atoms with Crippen molar-refractivity contribution in [2.24, 2.45) is 0 Å². The molecule has 0 amide bonds. The Kier molecular flexibility index (Phi) is 4.56. The number of aliphatic hydroxyl groups is 1. The normalized spacial score (nSPS) is 15.0. The topological polar surface area (TPSA) is 70.9 Å². The van der Waals surface area contributed by atoms with Gasteiger partial charge in [0, 0.05) is 17.6 Å². The molecule has 0 radical (unpaired) electrons. The monoisotopic (exact) mass is 356 g/mol. The molecule has 1 aliphatic rings. The van der Waals surface area contributed by atoms with Crippen LogP contribution in [0.2, 0.25) is 0 Å². The molecule has 0 fully saturated rings. The Bertz CT molecular complexity index is 919. The molecule has 5 nitrogen and oxygen atoms in total. The SMILES string of the molecule is CCCCc1nc2sc3c(NC[C@H](C)O)ncnc3c2c2c1CCC2. The van der Waals surface area contributed by atoms with Gasteiger partial charge in [-0.2, -0.15) is 0 Å². The smallest absolute Gasteiger partial charge is 0.147 e. The van der Waals surface area contributed by atoms with Crippen LogP contribution in [0.4, 0.5) is 5.82 Å². The number of thiophene rings is 1. The van der Waals surface area contributed by atoms with E-state index >= 15 is 0 Å². The predicted octanol–water partition coefficient (Wildman–Crippen LogP) is 3.86. The maximum Gasteiger partial charge on any atom is 0.147 e. The highest BCUT2D eigenvalue weighted by atomic mass is 32.1. The summed E-state index contributed by atoms with van der Waals surface area (Å²) in [5, 5.41) is 14.0. The molecule has 3 aromatic heterocycles. The molecule has 3 aromatic rings. The second kappa shape index (κ2) is 6.84. The van der Waals surface area contributed by atoms with Crippen LogP contribution in [0, 0.1) is 0 Å². The zero-order valence-electron chi connectivity index (χ0n) is 14.8. The first-order chi connectivity index (χ1) is 12.2. The summed E-state index contributed by atoms with van der Waals surface area (Å²) >= 11 is 1.67. The minimum Gasteiger partial charge on any atom is -0.392 e. The average Bonchev–Trinajstić information content (AvgIpc) is 3.21. The van der Waals surface area contributed by atoms with Crippen LogP contribution in [0.1, 0.15) is 49.9 Å². The van der Waals surface area contributed by atoms with Gasteiger partial charge < -0.3 is 10.4 Å². The fraction of sp³-hybridized carbons (Fsp3) is 0.526. The van der Waals surface area contributed by atoms with Gasteiger partial charge >= 0.3 is 0 Å². The zero-order valence-corrected chi connectivity index (χ0v) is 15.6. The maximum atomic E-state index is 9.56. The Balaban J connectivity index is 1.88. The number of hydrogen-bond donors (Lipinski definition) is 2. The van der Waals surface area contributed by atoms with Crippen LogP contribution in [0.15, 0.2) is 6.33 Å². The van der Waals surface area contributed by atoms with Crippen LogP contribution < -0.4 is 5.32 Å². The Morgan fingerprint density at radius 1 is 1.28 bits per heavy atom. The Morgan fingerprint density at radius 2 is 2.12 bits per heavy atom. The first kappa shape index (κ1) is 16.7. The number of unbranched alkanes of at least 4 members (excludes halogenated alkanes) is 1. The number of rotatable bonds is 6. The molecule has 132 valence electrons. The van der Waals surface area contributed by atoms with Gasteiger partial charge in [-0.15, -0.1) is 11.3 Å². The van der Waals surface area contributed by atoms with Crippen LogP contribution >= 0.6 is 11.3 Å². The molecule has 0 unspecified atom stereocenters. The largest absolute Gasteiger partial charge is 0.392 e. The van der Waals surface area contributed by atoms with Gasteiger partial charge in [-0.1, -0.05) is 13.3 Å². The summed E-state index contributed by atoms with van der Waals surface area (Å²) in [6.07, 6.45) is 8.14. The fourth-order valence-electron chi connectivity index (χ4n) is 3.70. The van der Waals surface area contributed by atoms with Gasteiger partial charge in [0.05, 0.1) is 16.3 Å². The van der Waals surface area contributed by atoms with Gasteiger partial charge in [-0.25, -0.2) is 15.0 Å². The number of aryl methyl sites for hydroxylation is 2. The molecular formula is C19H24N4OS. The molecule has 0 aromatic carbocycles. The van der Waals surface area contributed by atoms with E-state index in [0.29, 0.717) is 6.54 Å². The molecule has 0 saturated heterocycles. The zero-order chi connectivity index (χ0) is 17.4. The molecule has 4 rings (SSSR count). The second-order valence-electron chi connectivity index (χ2n) is 6.88. The highest BCUT2D eigenvalue weighted by molar-refractivity contribution is 7.26. The van der Waals surface area contributed by atoms with Crippen LogP contribution in [0.5, 0.6) is 0 Å². The van der Waals surface area contributed by atoms with Crippen molar-refractivity contribution in [3.8, 4) is 0 Å². The van der Waals surface area contributed by atoms with Gasteiger partial charge in [0.15, 0.2) is 0 Å². The highest BCUT2D eigenvalue weighted by Crippen LogP contribution is 2.41. The van der Waals surface area contributed by atoms with E-state index in [4.69, 9.17) is 4.98 Å². The van der Waals surface area contributed by atoms with Crippen molar-refractivity contribution < 1.29 is 5.11 Å². The summed E-state index contributed by atoms with van der Waals surface area (Å²) in [6.45, 7) is 4.48. The molecule has 0 aliphatic heterocycles. The van der Waals surface area contributed by atoms with Crippen molar-refractivity contribution in [1.82, 2.24) is 15.0 Å². The molecule has 1 atom stereocenters. The van der Waals surface area contributed by atoms with E-state index in [9.17, 15) is 5.11 Å². The van der Waals surface area contributed by atoms with E-state index in [1.165, 1.54) is 41.5 Å². The van der Waals surface area contributed by atoms with Crippen molar-refractivity contribution in [2.75, 3.05) is 11.9 Å². The van der Waals surface area contributed by atoms with Crippen molar-refractivity contribution in [3.63, 3.8) is 0 Å². The summed E-state index contributed by atoms with van der Waals surface area (Å²) < 4.78 is 1.05. The number of aromatic nitrogens is 3. The van der Waals surface area contributed by atoms with Gasteiger partial charge in [0.25, 0.3) is 0 Å². The van der Waals surface area contributed by atoms with Crippen molar-refractivity contribution >= 4 is 37.6 Å². The van der Waals surface area contributed by atoms with Gasteiger partial charge in [-0.3, -0.25) is 0 Å². The molecule has 1 aliphatic carbocycles. The molecule has 3 heterocycles. The summed E-state index contributed by atoms with van der Waals surface area (Å²) in [5.74, 6) is 0.802. The van der Waals surface area contributed by atoms with Gasteiger partial charge in [-0.05, 0) is 50.2 Å². The highest BCUT2D eigenvalue weighted by Gasteiger charge is 2.24. The molecule has 25 heavy (non-hydrogen) atoms. The summed E-state index contributed by atoms with van der Waals surface area (Å²) in [4.78, 5) is 15.1. The van der Waals surface area contributed by atoms with E-state index < -0.39 is 6.10 Å². The summed E-state index contributed by atoms with van der Waals surface area (Å²) in [5.41, 5.74) is 5.23. The number of anilines is 1. The molecule has 6 heteroatoms. The van der Waals surface area contributed by atoms with Crippen LogP contribution in [-0.4, -0.2) is 32.7 Å². The molecule has 2 N–H and O–H groups in total. The minimum atomic E-state index is -0.414. The lowest BCUT2D eigenvalue weighted by atomic mass is 10.0. The number of aliphatic hydroxyl groups excluding tert-OH is 1. The van der Waals surface area contributed by atoms with E-state index in [1.807, 2.05) is 0 Å². The molecule has 0 bridgehead atoms. The van der Waals surface area contributed by atoms with Crippen LogP contribution in [0.25, 0.3) is 20.4 Å². The molecular weight excluding hydrogens is 332 g/mol. The summed E-state index contributed by atoms with van der Waals surface area (Å²) in [6, 6.07) is 0. The molecule has 0 spiro atoms. The third-order valence-electron chi connectivity index (χ3n) is 4.89. The second-order valence-corrected chi connectivity index (χ2v) is 7.88. The Hall–Kier alpha value is -1.79. The standard InChI is InChI=1S/C19H24N4OS/c1-3-4-8-14-12-6-5-7-13(12)15-16-17(25-19(15)23-14)18(22-10-21-16)20-9-11(2)24/h10-11,24H,3-9H2,1-2H3,(H,20,21,22)/t11-/m0/s1. The lowest BCUT2D eigenvalue weighted by Gasteiger charge is -2.09. The van der Waals surface area contributed by atoms with E-state index in [2.05, 4.69) is 22.2 Å². The van der Waals surface area contributed by atoms with Crippen molar-refractivity contribution in [1.29, 1.82) is 0 Å².